The van der Waals surface area contributed by atoms with Gasteiger partial charge < -0.3 is 10.6 Å². The second kappa shape index (κ2) is 4.37. The highest BCUT2D eigenvalue weighted by atomic mass is 15.2. The molecular formula is C12H20N4. The van der Waals surface area contributed by atoms with Gasteiger partial charge in [0.05, 0.1) is 5.69 Å². The molecule has 0 spiro atoms. The van der Waals surface area contributed by atoms with Crippen molar-refractivity contribution in [1.82, 2.24) is 15.5 Å². The van der Waals surface area contributed by atoms with Crippen LogP contribution in [0.5, 0.6) is 0 Å². The van der Waals surface area contributed by atoms with E-state index >= 15 is 0 Å². The van der Waals surface area contributed by atoms with Crippen LogP contribution >= 0.6 is 0 Å². The smallest absolute Gasteiger partial charge is 0.148 e. The van der Waals surface area contributed by atoms with E-state index in [1.807, 2.05) is 6.07 Å². The van der Waals surface area contributed by atoms with Gasteiger partial charge in [-0.3, -0.25) is 0 Å². The summed E-state index contributed by atoms with van der Waals surface area (Å²) in [6.45, 7) is 8.54. The molecule has 1 aliphatic rings. The fourth-order valence-corrected chi connectivity index (χ4v) is 1.80. The SMILES string of the molecule is CC(C)(C)c1ccc(NC2CCNC2)nn1. The van der Waals surface area contributed by atoms with Crippen molar-refractivity contribution in [1.29, 1.82) is 0 Å². The third-order valence-electron chi connectivity index (χ3n) is 2.85. The number of rotatable bonds is 2. The second-order valence-corrected chi connectivity index (χ2v) is 5.39. The molecule has 4 heteroatoms. The molecular weight excluding hydrogens is 200 g/mol. The Labute approximate surface area is 96.9 Å². The molecule has 88 valence electrons. The lowest BCUT2D eigenvalue weighted by molar-refractivity contribution is 0.558. The predicted molar refractivity (Wildman–Crippen MR) is 65.6 cm³/mol. The molecule has 0 bridgehead atoms. The Morgan fingerprint density at radius 2 is 2.12 bits per heavy atom. The molecule has 2 rings (SSSR count). The Morgan fingerprint density at radius 3 is 2.62 bits per heavy atom. The molecule has 1 unspecified atom stereocenters. The van der Waals surface area contributed by atoms with Gasteiger partial charge in [0.25, 0.3) is 0 Å². The first-order valence-electron chi connectivity index (χ1n) is 5.87. The van der Waals surface area contributed by atoms with Crippen LogP contribution in [-0.2, 0) is 5.41 Å². The van der Waals surface area contributed by atoms with Crippen molar-refractivity contribution in [3.05, 3.63) is 17.8 Å². The Kier molecular flexibility index (Phi) is 3.10. The maximum atomic E-state index is 4.26. The molecule has 1 fully saturated rings. The molecule has 0 saturated carbocycles. The zero-order valence-corrected chi connectivity index (χ0v) is 10.2. The average molecular weight is 220 g/mol. The maximum Gasteiger partial charge on any atom is 0.148 e. The normalized spacial score (nSPS) is 21.1. The van der Waals surface area contributed by atoms with E-state index < -0.39 is 0 Å². The van der Waals surface area contributed by atoms with Crippen LogP contribution in [0.25, 0.3) is 0 Å². The third-order valence-corrected chi connectivity index (χ3v) is 2.85. The summed E-state index contributed by atoms with van der Waals surface area (Å²) >= 11 is 0. The van der Waals surface area contributed by atoms with Gasteiger partial charge in [-0.1, -0.05) is 20.8 Å². The molecule has 1 aromatic rings. The summed E-state index contributed by atoms with van der Waals surface area (Å²) in [5, 5.41) is 15.2. The third kappa shape index (κ3) is 2.70. The van der Waals surface area contributed by atoms with E-state index in [4.69, 9.17) is 0 Å². The van der Waals surface area contributed by atoms with Crippen LogP contribution in [0.2, 0.25) is 0 Å². The summed E-state index contributed by atoms with van der Waals surface area (Å²) in [5.41, 5.74) is 1.10. The van der Waals surface area contributed by atoms with Gasteiger partial charge in [0, 0.05) is 18.0 Å². The highest BCUT2D eigenvalue weighted by Crippen LogP contribution is 2.19. The molecule has 0 amide bonds. The Morgan fingerprint density at radius 1 is 1.31 bits per heavy atom. The van der Waals surface area contributed by atoms with Crippen molar-refractivity contribution in [3.63, 3.8) is 0 Å². The van der Waals surface area contributed by atoms with E-state index in [9.17, 15) is 0 Å². The lowest BCUT2D eigenvalue weighted by Gasteiger charge is -2.17. The molecule has 4 nitrogen and oxygen atoms in total. The molecule has 2 N–H and O–H groups in total. The number of hydrogen-bond acceptors (Lipinski definition) is 4. The first kappa shape index (κ1) is 11.3. The highest BCUT2D eigenvalue weighted by molar-refractivity contribution is 5.35. The minimum absolute atomic E-state index is 0.0699. The summed E-state index contributed by atoms with van der Waals surface area (Å²) in [7, 11) is 0. The molecule has 16 heavy (non-hydrogen) atoms. The van der Waals surface area contributed by atoms with E-state index in [2.05, 4.69) is 47.7 Å². The van der Waals surface area contributed by atoms with Crippen molar-refractivity contribution in [3.8, 4) is 0 Å². The molecule has 1 atom stereocenters. The standard InChI is InChI=1S/C12H20N4/c1-12(2,3)10-4-5-11(16-15-10)14-9-6-7-13-8-9/h4-5,9,13H,6-8H2,1-3H3,(H,14,16). The number of aromatic nitrogens is 2. The van der Waals surface area contributed by atoms with Crippen LogP contribution in [0.15, 0.2) is 12.1 Å². The van der Waals surface area contributed by atoms with Gasteiger partial charge in [-0.2, -0.15) is 5.10 Å². The van der Waals surface area contributed by atoms with E-state index in [0.717, 1.165) is 31.0 Å². The van der Waals surface area contributed by atoms with E-state index in [0.29, 0.717) is 6.04 Å². The average Bonchev–Trinajstić information content (AvgIpc) is 2.70. The minimum atomic E-state index is 0.0699. The Hall–Kier alpha value is -1.16. The summed E-state index contributed by atoms with van der Waals surface area (Å²) in [6.07, 6.45) is 1.16. The summed E-state index contributed by atoms with van der Waals surface area (Å²) < 4.78 is 0. The fraction of sp³-hybridized carbons (Fsp3) is 0.667. The largest absolute Gasteiger partial charge is 0.365 e. The predicted octanol–water partition coefficient (Wildman–Crippen LogP) is 1.55. The van der Waals surface area contributed by atoms with Crippen LogP contribution in [0.4, 0.5) is 5.82 Å². The zero-order valence-electron chi connectivity index (χ0n) is 10.2. The van der Waals surface area contributed by atoms with E-state index in [-0.39, 0.29) is 5.41 Å². The monoisotopic (exact) mass is 220 g/mol. The minimum Gasteiger partial charge on any atom is -0.365 e. The van der Waals surface area contributed by atoms with Gasteiger partial charge in [0.15, 0.2) is 0 Å². The van der Waals surface area contributed by atoms with Crippen molar-refractivity contribution >= 4 is 5.82 Å². The maximum absolute atomic E-state index is 4.26. The van der Waals surface area contributed by atoms with Crippen LogP contribution in [0, 0.1) is 0 Å². The van der Waals surface area contributed by atoms with E-state index in [1.165, 1.54) is 0 Å². The molecule has 0 aliphatic carbocycles. The highest BCUT2D eigenvalue weighted by Gasteiger charge is 2.17. The first-order chi connectivity index (χ1) is 7.55. The number of nitrogens with one attached hydrogen (secondary N) is 2. The first-order valence-corrected chi connectivity index (χ1v) is 5.87. The van der Waals surface area contributed by atoms with Crippen molar-refractivity contribution < 1.29 is 0 Å². The van der Waals surface area contributed by atoms with Crippen molar-refractivity contribution in [2.24, 2.45) is 0 Å². The molecule has 0 radical (unpaired) electrons. The summed E-state index contributed by atoms with van der Waals surface area (Å²) in [4.78, 5) is 0. The van der Waals surface area contributed by atoms with Gasteiger partial charge in [-0.15, -0.1) is 5.10 Å². The van der Waals surface area contributed by atoms with Gasteiger partial charge in [-0.25, -0.2) is 0 Å². The Bertz CT molecular complexity index is 333. The second-order valence-electron chi connectivity index (χ2n) is 5.39. The molecule has 1 saturated heterocycles. The quantitative estimate of drug-likeness (QED) is 0.794. The van der Waals surface area contributed by atoms with E-state index in [1.54, 1.807) is 0 Å². The number of nitrogens with zero attached hydrogens (tertiary/aromatic N) is 2. The lowest BCUT2D eigenvalue weighted by atomic mass is 9.92. The molecule has 1 aromatic heterocycles. The zero-order chi connectivity index (χ0) is 11.6. The summed E-state index contributed by atoms with van der Waals surface area (Å²) in [6, 6.07) is 4.57. The van der Waals surface area contributed by atoms with Gasteiger partial charge in [-0.05, 0) is 25.1 Å². The topological polar surface area (TPSA) is 49.8 Å². The van der Waals surface area contributed by atoms with Crippen LogP contribution in [-0.4, -0.2) is 29.3 Å². The Balaban J connectivity index is 2.01. The van der Waals surface area contributed by atoms with Gasteiger partial charge in [0.1, 0.15) is 5.82 Å². The lowest BCUT2D eigenvalue weighted by Crippen LogP contribution is -2.23. The van der Waals surface area contributed by atoms with Crippen LogP contribution in [0.1, 0.15) is 32.9 Å². The van der Waals surface area contributed by atoms with Crippen LogP contribution < -0.4 is 10.6 Å². The van der Waals surface area contributed by atoms with Crippen molar-refractivity contribution in [2.45, 2.75) is 38.6 Å². The fourth-order valence-electron chi connectivity index (χ4n) is 1.80. The van der Waals surface area contributed by atoms with Gasteiger partial charge >= 0.3 is 0 Å². The number of anilines is 1. The molecule has 2 heterocycles. The van der Waals surface area contributed by atoms with Crippen molar-refractivity contribution in [2.75, 3.05) is 18.4 Å². The number of hydrogen-bond donors (Lipinski definition) is 2. The van der Waals surface area contributed by atoms with Gasteiger partial charge in [0.2, 0.25) is 0 Å². The van der Waals surface area contributed by atoms with Crippen LogP contribution in [0.3, 0.4) is 0 Å². The molecule has 0 aromatic carbocycles. The molecule has 1 aliphatic heterocycles. The summed E-state index contributed by atoms with van der Waals surface area (Å²) in [5.74, 6) is 0.877.